The van der Waals surface area contributed by atoms with Crippen molar-refractivity contribution in [2.24, 2.45) is 5.73 Å². The van der Waals surface area contributed by atoms with E-state index in [-0.39, 0.29) is 13.0 Å². The maximum Gasteiger partial charge on any atom is 0.254 e. The van der Waals surface area contributed by atoms with Crippen LogP contribution < -0.4 is 10.5 Å². The molecular formula is C13H14BrFN2O3. The summed E-state index contributed by atoms with van der Waals surface area (Å²) >= 11 is 3.28. The quantitative estimate of drug-likeness (QED) is 0.902. The van der Waals surface area contributed by atoms with Crippen molar-refractivity contribution in [2.75, 3.05) is 13.7 Å². The van der Waals surface area contributed by atoms with Gasteiger partial charge in [0.2, 0.25) is 5.91 Å². The van der Waals surface area contributed by atoms with E-state index in [1.165, 1.54) is 12.0 Å². The van der Waals surface area contributed by atoms with Gasteiger partial charge in [-0.15, -0.1) is 0 Å². The number of likely N-dealkylation sites (tertiary alicyclic amines) is 1. The van der Waals surface area contributed by atoms with Gasteiger partial charge < -0.3 is 15.4 Å². The van der Waals surface area contributed by atoms with Crippen LogP contribution in [0.4, 0.5) is 4.39 Å². The molecule has 1 aliphatic heterocycles. The van der Waals surface area contributed by atoms with Gasteiger partial charge in [-0.25, -0.2) is 4.39 Å². The molecule has 2 N–H and O–H groups in total. The van der Waals surface area contributed by atoms with Crippen LogP contribution in [0.5, 0.6) is 5.75 Å². The maximum absolute atomic E-state index is 13.4. The molecule has 1 aliphatic rings. The highest BCUT2D eigenvalue weighted by molar-refractivity contribution is 9.10. The Labute approximate surface area is 124 Å². The normalized spacial score (nSPS) is 21.9. The van der Waals surface area contributed by atoms with Crippen molar-refractivity contribution >= 4 is 27.7 Å². The van der Waals surface area contributed by atoms with Crippen molar-refractivity contribution in [1.82, 2.24) is 4.90 Å². The fraction of sp³-hybridized carbons (Fsp3) is 0.385. The second-order valence-electron chi connectivity index (χ2n) is 4.56. The van der Waals surface area contributed by atoms with Crippen LogP contribution in [0.25, 0.3) is 0 Å². The summed E-state index contributed by atoms with van der Waals surface area (Å²) in [6, 6.07) is 3.87. The van der Waals surface area contributed by atoms with E-state index in [1.807, 2.05) is 0 Å². The number of halogens is 2. The standard InChI is InChI=1S/C13H14BrFN2O3/c1-20-11-3-2-7(4-9(11)14)13(19)17-6-8(15)5-10(17)12(16)18/h2-4,8,10H,5-6H2,1H3,(H2,16,18)/t8-,10+/m1/s1. The van der Waals surface area contributed by atoms with Crippen LogP contribution in [-0.4, -0.2) is 42.6 Å². The van der Waals surface area contributed by atoms with E-state index in [0.717, 1.165) is 0 Å². The Bertz CT molecular complexity index is 552. The molecule has 2 rings (SSSR count). The zero-order valence-corrected chi connectivity index (χ0v) is 12.4. The first kappa shape index (κ1) is 14.8. The molecule has 1 saturated heterocycles. The maximum atomic E-state index is 13.4. The third-order valence-electron chi connectivity index (χ3n) is 3.24. The van der Waals surface area contributed by atoms with Crippen LogP contribution in [-0.2, 0) is 4.79 Å². The largest absolute Gasteiger partial charge is 0.496 e. The average Bonchev–Trinajstić information content (AvgIpc) is 2.80. The molecule has 0 aliphatic carbocycles. The molecule has 2 amide bonds. The molecule has 1 fully saturated rings. The molecule has 0 bridgehead atoms. The highest BCUT2D eigenvalue weighted by Crippen LogP contribution is 2.28. The number of benzene rings is 1. The lowest BCUT2D eigenvalue weighted by Crippen LogP contribution is -2.43. The molecule has 1 heterocycles. The van der Waals surface area contributed by atoms with Crippen LogP contribution in [0.1, 0.15) is 16.8 Å². The molecule has 0 radical (unpaired) electrons. The summed E-state index contributed by atoms with van der Waals surface area (Å²) in [5.74, 6) is -0.527. The van der Waals surface area contributed by atoms with E-state index in [9.17, 15) is 14.0 Å². The number of primary amides is 1. The van der Waals surface area contributed by atoms with E-state index in [2.05, 4.69) is 15.9 Å². The highest BCUT2D eigenvalue weighted by atomic mass is 79.9. The SMILES string of the molecule is COc1ccc(C(=O)N2C[C@H](F)C[C@H]2C(N)=O)cc1Br. The molecule has 20 heavy (non-hydrogen) atoms. The number of alkyl halides is 1. The van der Waals surface area contributed by atoms with E-state index < -0.39 is 24.0 Å². The molecule has 0 aromatic heterocycles. The molecule has 5 nitrogen and oxygen atoms in total. The molecule has 7 heteroatoms. The minimum Gasteiger partial charge on any atom is -0.496 e. The van der Waals surface area contributed by atoms with Crippen molar-refractivity contribution < 1.29 is 18.7 Å². The predicted molar refractivity (Wildman–Crippen MR) is 74.2 cm³/mol. The highest BCUT2D eigenvalue weighted by Gasteiger charge is 2.39. The first-order valence-corrected chi connectivity index (χ1v) is 6.81. The zero-order valence-electron chi connectivity index (χ0n) is 10.8. The molecule has 0 saturated carbocycles. The minimum atomic E-state index is -1.22. The Morgan fingerprint density at radius 1 is 1.50 bits per heavy atom. The summed E-state index contributed by atoms with van der Waals surface area (Å²) in [5, 5.41) is 0. The molecule has 2 atom stereocenters. The summed E-state index contributed by atoms with van der Waals surface area (Å²) in [5.41, 5.74) is 5.56. The van der Waals surface area contributed by atoms with Gasteiger partial charge in [-0.3, -0.25) is 9.59 Å². The molecular weight excluding hydrogens is 331 g/mol. The van der Waals surface area contributed by atoms with Gasteiger partial charge in [0.25, 0.3) is 5.91 Å². The van der Waals surface area contributed by atoms with E-state index in [0.29, 0.717) is 15.8 Å². The molecule has 0 unspecified atom stereocenters. The van der Waals surface area contributed by atoms with Crippen molar-refractivity contribution in [3.63, 3.8) is 0 Å². The smallest absolute Gasteiger partial charge is 0.254 e. The number of carbonyl (C=O) groups excluding carboxylic acids is 2. The topological polar surface area (TPSA) is 72.6 Å². The van der Waals surface area contributed by atoms with Gasteiger partial charge in [0.05, 0.1) is 18.1 Å². The number of methoxy groups -OCH3 is 1. The van der Waals surface area contributed by atoms with Crippen LogP contribution >= 0.6 is 15.9 Å². The van der Waals surface area contributed by atoms with E-state index >= 15 is 0 Å². The van der Waals surface area contributed by atoms with Gasteiger partial charge in [0, 0.05) is 12.0 Å². The average molecular weight is 345 g/mol. The third-order valence-corrected chi connectivity index (χ3v) is 3.86. The van der Waals surface area contributed by atoms with Crippen LogP contribution in [0.3, 0.4) is 0 Å². The lowest BCUT2D eigenvalue weighted by atomic mass is 10.1. The van der Waals surface area contributed by atoms with Gasteiger partial charge in [-0.1, -0.05) is 0 Å². The van der Waals surface area contributed by atoms with E-state index in [1.54, 1.807) is 18.2 Å². The number of carbonyl (C=O) groups is 2. The number of ether oxygens (including phenoxy) is 1. The van der Waals surface area contributed by atoms with Crippen LogP contribution in [0.15, 0.2) is 22.7 Å². The van der Waals surface area contributed by atoms with Gasteiger partial charge in [-0.05, 0) is 34.1 Å². The summed E-state index contributed by atoms with van der Waals surface area (Å²) in [6.07, 6.45) is -1.27. The Balaban J connectivity index is 2.26. The number of nitrogens with two attached hydrogens (primary N) is 1. The second kappa shape index (κ2) is 5.78. The summed E-state index contributed by atoms with van der Waals surface area (Å²) < 4.78 is 19.1. The first-order chi connectivity index (χ1) is 9.43. The van der Waals surface area contributed by atoms with Gasteiger partial charge in [0.15, 0.2) is 0 Å². The fourth-order valence-electron chi connectivity index (χ4n) is 2.24. The van der Waals surface area contributed by atoms with Gasteiger partial charge in [0.1, 0.15) is 18.0 Å². The Morgan fingerprint density at radius 2 is 2.20 bits per heavy atom. The molecule has 0 spiro atoms. The zero-order chi connectivity index (χ0) is 14.9. The Hall–Kier alpha value is -1.63. The lowest BCUT2D eigenvalue weighted by Gasteiger charge is -2.22. The third kappa shape index (κ3) is 2.77. The molecule has 108 valence electrons. The predicted octanol–water partition coefficient (Wildman–Crippen LogP) is 1.50. The monoisotopic (exact) mass is 344 g/mol. The van der Waals surface area contributed by atoms with E-state index in [4.69, 9.17) is 10.5 Å². The lowest BCUT2D eigenvalue weighted by molar-refractivity contribution is -0.121. The van der Waals surface area contributed by atoms with Crippen molar-refractivity contribution in [3.05, 3.63) is 28.2 Å². The Kier molecular flexibility index (Phi) is 4.27. The first-order valence-electron chi connectivity index (χ1n) is 6.02. The number of hydrogen-bond acceptors (Lipinski definition) is 3. The fourth-order valence-corrected chi connectivity index (χ4v) is 2.78. The van der Waals surface area contributed by atoms with Crippen LogP contribution in [0, 0.1) is 0 Å². The van der Waals surface area contributed by atoms with Crippen molar-refractivity contribution in [1.29, 1.82) is 0 Å². The summed E-state index contributed by atoms with van der Waals surface area (Å²) in [4.78, 5) is 24.8. The number of nitrogens with zero attached hydrogens (tertiary/aromatic N) is 1. The number of rotatable bonds is 3. The minimum absolute atomic E-state index is 0.0433. The second-order valence-corrected chi connectivity index (χ2v) is 5.41. The number of amides is 2. The van der Waals surface area contributed by atoms with Gasteiger partial charge >= 0.3 is 0 Å². The van der Waals surface area contributed by atoms with Gasteiger partial charge in [-0.2, -0.15) is 0 Å². The Morgan fingerprint density at radius 3 is 2.75 bits per heavy atom. The molecule has 1 aromatic carbocycles. The van der Waals surface area contributed by atoms with Crippen LogP contribution in [0.2, 0.25) is 0 Å². The number of hydrogen-bond donors (Lipinski definition) is 1. The van der Waals surface area contributed by atoms with Crippen molar-refractivity contribution in [3.8, 4) is 5.75 Å². The summed E-state index contributed by atoms with van der Waals surface area (Å²) in [7, 11) is 1.51. The molecule has 1 aromatic rings. The summed E-state index contributed by atoms with van der Waals surface area (Å²) in [6.45, 7) is -0.115. The van der Waals surface area contributed by atoms with Crippen molar-refractivity contribution in [2.45, 2.75) is 18.6 Å².